The molecule has 25 heavy (non-hydrogen) atoms. The summed E-state index contributed by atoms with van der Waals surface area (Å²) in [5, 5.41) is 3.62. The number of pyridine rings is 2. The fourth-order valence-electron chi connectivity index (χ4n) is 2.16. The monoisotopic (exact) mass is 354 g/mol. The number of aromatic nitrogens is 3. The first kappa shape index (κ1) is 17.0. The minimum atomic E-state index is -0.149. The minimum Gasteiger partial charge on any atom is -0.485 e. The van der Waals surface area contributed by atoms with Gasteiger partial charge in [-0.25, -0.2) is 4.98 Å². The van der Waals surface area contributed by atoms with Crippen LogP contribution in [0, 0.1) is 13.8 Å². The van der Waals surface area contributed by atoms with Crippen LogP contribution in [-0.4, -0.2) is 20.9 Å². The summed E-state index contributed by atoms with van der Waals surface area (Å²) in [5.74, 6) is 0.531. The molecule has 3 aromatic rings. The fraction of sp³-hybridized carbons (Fsp3) is 0.222. The van der Waals surface area contributed by atoms with Crippen molar-refractivity contribution in [2.75, 3.05) is 0 Å². The predicted octanol–water partition coefficient (Wildman–Crippen LogP) is 3.06. The molecular formula is C18H18N4O2S. The normalized spacial score (nSPS) is 10.5. The maximum absolute atomic E-state index is 12.3. The average molecular weight is 354 g/mol. The first-order valence-corrected chi connectivity index (χ1v) is 8.63. The summed E-state index contributed by atoms with van der Waals surface area (Å²) in [7, 11) is 0. The van der Waals surface area contributed by atoms with Gasteiger partial charge in [0.2, 0.25) is 0 Å². The van der Waals surface area contributed by atoms with Crippen molar-refractivity contribution < 1.29 is 9.53 Å². The van der Waals surface area contributed by atoms with E-state index < -0.39 is 0 Å². The number of aryl methyl sites for hydroxylation is 2. The lowest BCUT2D eigenvalue weighted by Gasteiger charge is -2.03. The van der Waals surface area contributed by atoms with Crippen LogP contribution >= 0.6 is 11.3 Å². The van der Waals surface area contributed by atoms with Crippen LogP contribution in [0.5, 0.6) is 5.75 Å². The van der Waals surface area contributed by atoms with Gasteiger partial charge in [0.1, 0.15) is 22.2 Å². The van der Waals surface area contributed by atoms with Crippen LogP contribution in [0.4, 0.5) is 0 Å². The molecule has 1 amide bonds. The zero-order chi connectivity index (χ0) is 17.6. The van der Waals surface area contributed by atoms with Crippen LogP contribution in [0.15, 0.2) is 42.7 Å². The second kappa shape index (κ2) is 7.85. The topological polar surface area (TPSA) is 77.0 Å². The largest absolute Gasteiger partial charge is 0.485 e. The van der Waals surface area contributed by atoms with Crippen molar-refractivity contribution in [3.05, 3.63) is 69.7 Å². The van der Waals surface area contributed by atoms with E-state index in [1.807, 2.05) is 44.2 Å². The van der Waals surface area contributed by atoms with Gasteiger partial charge in [0.25, 0.3) is 5.91 Å². The summed E-state index contributed by atoms with van der Waals surface area (Å²) in [5.41, 5.74) is 2.45. The molecule has 0 saturated heterocycles. The van der Waals surface area contributed by atoms with E-state index >= 15 is 0 Å². The van der Waals surface area contributed by atoms with E-state index in [0.717, 1.165) is 16.4 Å². The van der Waals surface area contributed by atoms with Crippen molar-refractivity contribution in [1.82, 2.24) is 20.3 Å². The van der Waals surface area contributed by atoms with Crippen LogP contribution < -0.4 is 10.1 Å². The van der Waals surface area contributed by atoms with Gasteiger partial charge >= 0.3 is 0 Å². The lowest BCUT2D eigenvalue weighted by molar-refractivity contribution is 0.0953. The van der Waals surface area contributed by atoms with E-state index in [4.69, 9.17) is 4.74 Å². The highest BCUT2D eigenvalue weighted by Gasteiger charge is 2.15. The third-order valence-electron chi connectivity index (χ3n) is 3.45. The SMILES string of the molecule is Cc1ccc(OCc2nc(C)c(C(=O)NCc3ccccn3)s2)cn1. The Kier molecular flexibility index (Phi) is 5.35. The second-order valence-electron chi connectivity index (χ2n) is 5.45. The van der Waals surface area contributed by atoms with Gasteiger partial charge in [-0.3, -0.25) is 14.8 Å². The highest BCUT2D eigenvalue weighted by atomic mass is 32.1. The molecule has 0 aromatic carbocycles. The number of rotatable bonds is 6. The van der Waals surface area contributed by atoms with E-state index in [-0.39, 0.29) is 5.91 Å². The molecule has 3 heterocycles. The molecule has 0 fully saturated rings. The first-order chi connectivity index (χ1) is 12.1. The van der Waals surface area contributed by atoms with Crippen LogP contribution in [0.25, 0.3) is 0 Å². The number of ether oxygens (including phenoxy) is 1. The number of carbonyl (C=O) groups is 1. The Balaban J connectivity index is 1.59. The first-order valence-electron chi connectivity index (χ1n) is 7.81. The highest BCUT2D eigenvalue weighted by Crippen LogP contribution is 2.20. The lowest BCUT2D eigenvalue weighted by atomic mass is 10.3. The molecule has 3 aromatic heterocycles. The maximum Gasteiger partial charge on any atom is 0.263 e. The molecule has 7 heteroatoms. The Morgan fingerprint density at radius 1 is 1.20 bits per heavy atom. The van der Waals surface area contributed by atoms with Crippen molar-refractivity contribution in [1.29, 1.82) is 0 Å². The van der Waals surface area contributed by atoms with Crippen molar-refractivity contribution >= 4 is 17.2 Å². The maximum atomic E-state index is 12.3. The number of thiazole rings is 1. The van der Waals surface area contributed by atoms with Gasteiger partial charge in [-0.2, -0.15) is 0 Å². The summed E-state index contributed by atoms with van der Waals surface area (Å²) < 4.78 is 5.67. The van der Waals surface area contributed by atoms with E-state index in [0.29, 0.717) is 29.5 Å². The Morgan fingerprint density at radius 3 is 2.80 bits per heavy atom. The summed E-state index contributed by atoms with van der Waals surface area (Å²) in [6.45, 7) is 4.44. The van der Waals surface area contributed by atoms with Gasteiger partial charge in [-0.05, 0) is 38.1 Å². The molecule has 0 atom stereocenters. The van der Waals surface area contributed by atoms with Crippen LogP contribution in [-0.2, 0) is 13.2 Å². The second-order valence-corrected chi connectivity index (χ2v) is 6.53. The third-order valence-corrected chi connectivity index (χ3v) is 4.58. The zero-order valence-electron chi connectivity index (χ0n) is 14.0. The standard InChI is InChI=1S/C18H18N4O2S/c1-12-6-7-15(10-20-12)24-11-16-22-13(2)17(25-16)18(23)21-9-14-5-3-4-8-19-14/h3-8,10H,9,11H2,1-2H3,(H,21,23). The highest BCUT2D eigenvalue weighted by molar-refractivity contribution is 7.13. The molecule has 0 aliphatic rings. The van der Waals surface area contributed by atoms with Crippen LogP contribution in [0.2, 0.25) is 0 Å². The summed E-state index contributed by atoms with van der Waals surface area (Å²) in [4.78, 5) is 25.7. The molecule has 0 radical (unpaired) electrons. The molecule has 3 rings (SSSR count). The Morgan fingerprint density at radius 2 is 2.08 bits per heavy atom. The van der Waals surface area contributed by atoms with Gasteiger partial charge in [0.05, 0.1) is 24.1 Å². The number of hydrogen-bond acceptors (Lipinski definition) is 6. The van der Waals surface area contributed by atoms with E-state index in [1.165, 1.54) is 11.3 Å². The number of amides is 1. The van der Waals surface area contributed by atoms with Crippen molar-refractivity contribution in [3.8, 4) is 5.75 Å². The van der Waals surface area contributed by atoms with Crippen LogP contribution in [0.3, 0.4) is 0 Å². The Bertz CT molecular complexity index is 847. The van der Waals surface area contributed by atoms with Gasteiger partial charge in [-0.15, -0.1) is 11.3 Å². The number of nitrogens with one attached hydrogen (secondary N) is 1. The molecule has 1 N–H and O–H groups in total. The van der Waals surface area contributed by atoms with Gasteiger partial charge in [-0.1, -0.05) is 6.07 Å². The van der Waals surface area contributed by atoms with Crippen molar-refractivity contribution in [3.63, 3.8) is 0 Å². The van der Waals surface area contributed by atoms with E-state index in [2.05, 4.69) is 20.3 Å². The average Bonchev–Trinajstić information content (AvgIpc) is 3.01. The molecule has 0 saturated carbocycles. The molecule has 0 spiro atoms. The number of nitrogens with zero attached hydrogens (tertiary/aromatic N) is 3. The van der Waals surface area contributed by atoms with Crippen LogP contribution in [0.1, 0.15) is 31.8 Å². The Labute approximate surface area is 149 Å². The van der Waals surface area contributed by atoms with E-state index in [1.54, 1.807) is 12.4 Å². The number of hydrogen-bond donors (Lipinski definition) is 1. The van der Waals surface area contributed by atoms with Gasteiger partial charge < -0.3 is 10.1 Å². The minimum absolute atomic E-state index is 0.149. The Hall–Kier alpha value is -2.80. The molecule has 0 unspecified atom stereocenters. The quantitative estimate of drug-likeness (QED) is 0.736. The number of carbonyl (C=O) groups excluding carboxylic acids is 1. The molecule has 0 aliphatic heterocycles. The van der Waals surface area contributed by atoms with Gasteiger partial charge in [0.15, 0.2) is 0 Å². The smallest absolute Gasteiger partial charge is 0.263 e. The van der Waals surface area contributed by atoms with Crippen molar-refractivity contribution in [2.24, 2.45) is 0 Å². The lowest BCUT2D eigenvalue weighted by Crippen LogP contribution is -2.23. The molecule has 6 nitrogen and oxygen atoms in total. The molecular weight excluding hydrogens is 336 g/mol. The third kappa shape index (κ3) is 4.60. The molecule has 0 aliphatic carbocycles. The van der Waals surface area contributed by atoms with Crippen molar-refractivity contribution in [2.45, 2.75) is 27.0 Å². The summed E-state index contributed by atoms with van der Waals surface area (Å²) >= 11 is 1.34. The van der Waals surface area contributed by atoms with E-state index in [9.17, 15) is 4.79 Å². The summed E-state index contributed by atoms with van der Waals surface area (Å²) in [6.07, 6.45) is 3.38. The summed E-state index contributed by atoms with van der Waals surface area (Å²) in [6, 6.07) is 9.35. The molecule has 128 valence electrons. The predicted molar refractivity (Wildman–Crippen MR) is 95.6 cm³/mol. The van der Waals surface area contributed by atoms with Gasteiger partial charge in [0, 0.05) is 11.9 Å². The molecule has 0 bridgehead atoms. The zero-order valence-corrected chi connectivity index (χ0v) is 14.8. The fourth-order valence-corrected chi connectivity index (χ4v) is 3.06.